The van der Waals surface area contributed by atoms with Crippen molar-refractivity contribution in [1.29, 1.82) is 0 Å². The van der Waals surface area contributed by atoms with Gasteiger partial charge in [0.15, 0.2) is 6.61 Å². The number of nitrogens with one attached hydrogen (secondary N) is 2. The van der Waals surface area contributed by atoms with Crippen molar-refractivity contribution in [2.24, 2.45) is 0 Å². The van der Waals surface area contributed by atoms with E-state index in [-0.39, 0.29) is 28.8 Å². The first-order valence-electron chi connectivity index (χ1n) is 9.54. The molecule has 1 amide bonds. The van der Waals surface area contributed by atoms with Crippen molar-refractivity contribution in [3.05, 3.63) is 73.1 Å². The summed E-state index contributed by atoms with van der Waals surface area (Å²) in [6.07, 6.45) is 1.43. The molecule has 3 aliphatic rings. The van der Waals surface area contributed by atoms with Gasteiger partial charge in [-0.05, 0) is 49.6 Å². The summed E-state index contributed by atoms with van der Waals surface area (Å²) in [6.45, 7) is -0.285. The molecule has 3 saturated carbocycles. The molecule has 1 aromatic heterocycles. The lowest BCUT2D eigenvalue weighted by molar-refractivity contribution is -0.158. The average Bonchev–Trinajstić information content (AvgIpc) is 2.65. The van der Waals surface area contributed by atoms with Crippen LogP contribution in [0.2, 0.25) is 10.0 Å². The van der Waals surface area contributed by atoms with Gasteiger partial charge in [-0.3, -0.25) is 14.2 Å². The van der Waals surface area contributed by atoms with Crippen molar-refractivity contribution in [2.45, 2.75) is 30.3 Å². The third kappa shape index (κ3) is 3.21. The molecule has 2 N–H and O–H groups in total. The lowest BCUT2D eigenvalue weighted by Gasteiger charge is -2.70. The number of aromatic nitrogens is 2. The summed E-state index contributed by atoms with van der Waals surface area (Å²) in [5.41, 5.74) is -1.54. The third-order valence-corrected chi connectivity index (χ3v) is 6.54. The van der Waals surface area contributed by atoms with Gasteiger partial charge in [0, 0.05) is 16.6 Å². The van der Waals surface area contributed by atoms with Gasteiger partial charge in [-0.25, -0.2) is 9.18 Å². The summed E-state index contributed by atoms with van der Waals surface area (Å²) in [6, 6.07) is 8.66. The van der Waals surface area contributed by atoms with Gasteiger partial charge in [-0.1, -0.05) is 23.2 Å². The van der Waals surface area contributed by atoms with E-state index >= 15 is 0 Å². The highest BCUT2D eigenvalue weighted by Crippen LogP contribution is 2.64. The van der Waals surface area contributed by atoms with E-state index in [1.165, 1.54) is 16.7 Å². The van der Waals surface area contributed by atoms with E-state index in [4.69, 9.17) is 27.9 Å². The second-order valence-corrected chi connectivity index (χ2v) is 9.05. The number of hydrogen-bond donors (Lipinski definition) is 2. The fraction of sp³-hybridized carbons (Fsp3) is 0.286. The van der Waals surface area contributed by atoms with Crippen LogP contribution >= 0.6 is 23.2 Å². The maximum absolute atomic E-state index is 13.5. The van der Waals surface area contributed by atoms with E-state index in [1.54, 1.807) is 18.2 Å². The standard InChI is InChI=1S/C21H16Cl2FN3O4/c22-11-1-3-13-16(5-11)25-19(30)27(18(13)29)21-8-20(9-21,10-21)26-17(28)7-31-12-2-4-14(23)15(24)6-12/h1-6H,7-10H2,(H,25,30)(H,26,28). The van der Waals surface area contributed by atoms with Crippen LogP contribution in [0.5, 0.6) is 5.75 Å². The first-order chi connectivity index (χ1) is 14.7. The minimum Gasteiger partial charge on any atom is -0.484 e. The summed E-state index contributed by atoms with van der Waals surface area (Å²) >= 11 is 11.6. The summed E-state index contributed by atoms with van der Waals surface area (Å²) in [5.74, 6) is -0.798. The number of carbonyl (C=O) groups is 1. The molecular formula is C21H16Cl2FN3O4. The van der Waals surface area contributed by atoms with Crippen LogP contribution in [0.25, 0.3) is 10.9 Å². The molecule has 6 rings (SSSR count). The highest BCUT2D eigenvalue weighted by Gasteiger charge is 2.70. The number of carbonyl (C=O) groups excluding carboxylic acids is 1. The number of rotatable bonds is 5. The second-order valence-electron chi connectivity index (χ2n) is 8.21. The van der Waals surface area contributed by atoms with E-state index in [1.807, 2.05) is 0 Å². The Bertz CT molecular complexity index is 1350. The number of benzene rings is 2. The first kappa shape index (κ1) is 20.1. The molecule has 1 heterocycles. The van der Waals surface area contributed by atoms with Gasteiger partial charge in [-0.15, -0.1) is 0 Å². The number of aromatic amines is 1. The van der Waals surface area contributed by atoms with Crippen molar-refractivity contribution in [1.82, 2.24) is 14.9 Å². The molecular weight excluding hydrogens is 448 g/mol. The molecule has 3 aliphatic carbocycles. The summed E-state index contributed by atoms with van der Waals surface area (Å²) in [4.78, 5) is 40.5. The van der Waals surface area contributed by atoms with Crippen molar-refractivity contribution in [3.8, 4) is 5.75 Å². The third-order valence-electron chi connectivity index (χ3n) is 6.00. The molecule has 7 nitrogen and oxygen atoms in total. The fourth-order valence-electron chi connectivity index (χ4n) is 4.77. The Morgan fingerprint density at radius 1 is 1.16 bits per heavy atom. The van der Waals surface area contributed by atoms with E-state index in [0.717, 1.165) is 6.07 Å². The first-order valence-corrected chi connectivity index (χ1v) is 10.3. The molecule has 31 heavy (non-hydrogen) atoms. The number of hydrogen-bond acceptors (Lipinski definition) is 4. The second kappa shape index (κ2) is 6.83. The molecule has 3 aromatic rings. The summed E-state index contributed by atoms with van der Waals surface area (Å²) < 4.78 is 20.0. The number of H-pyrrole nitrogens is 1. The van der Waals surface area contributed by atoms with Crippen LogP contribution in [-0.2, 0) is 10.3 Å². The molecule has 0 radical (unpaired) electrons. The van der Waals surface area contributed by atoms with Crippen LogP contribution in [0.15, 0.2) is 46.0 Å². The van der Waals surface area contributed by atoms with Crippen molar-refractivity contribution < 1.29 is 13.9 Å². The molecule has 0 atom stereocenters. The van der Waals surface area contributed by atoms with Crippen LogP contribution in [-0.4, -0.2) is 27.6 Å². The summed E-state index contributed by atoms with van der Waals surface area (Å²) in [7, 11) is 0. The van der Waals surface area contributed by atoms with Crippen molar-refractivity contribution in [2.75, 3.05) is 6.61 Å². The Labute approximate surface area is 184 Å². The molecule has 3 fully saturated rings. The Morgan fingerprint density at radius 3 is 2.61 bits per heavy atom. The Balaban J connectivity index is 1.27. The fourth-order valence-corrected chi connectivity index (χ4v) is 5.06. The normalized spacial score (nSPS) is 23.7. The van der Waals surface area contributed by atoms with Gasteiger partial charge < -0.3 is 15.0 Å². The van der Waals surface area contributed by atoms with Crippen molar-refractivity contribution >= 4 is 40.0 Å². The lowest BCUT2D eigenvalue weighted by Crippen LogP contribution is -2.81. The molecule has 0 aliphatic heterocycles. The van der Waals surface area contributed by atoms with Crippen LogP contribution in [0, 0.1) is 5.82 Å². The van der Waals surface area contributed by atoms with Crippen molar-refractivity contribution in [3.63, 3.8) is 0 Å². The molecule has 0 saturated heterocycles. The number of ether oxygens (including phenoxy) is 1. The predicted octanol–water partition coefficient (Wildman–Crippen LogP) is 2.96. The van der Waals surface area contributed by atoms with Gasteiger partial charge >= 0.3 is 5.69 Å². The molecule has 2 aromatic carbocycles. The van der Waals surface area contributed by atoms with E-state index in [0.29, 0.717) is 35.2 Å². The van der Waals surface area contributed by atoms with Gasteiger partial charge in [0.2, 0.25) is 0 Å². The Kier molecular flexibility index (Phi) is 4.43. The average molecular weight is 464 g/mol. The lowest BCUT2D eigenvalue weighted by atomic mass is 9.44. The van der Waals surface area contributed by atoms with Gasteiger partial charge in [0.1, 0.15) is 11.6 Å². The number of nitrogens with zero attached hydrogens (tertiary/aromatic N) is 1. The zero-order valence-corrected chi connectivity index (χ0v) is 17.5. The highest BCUT2D eigenvalue weighted by atomic mass is 35.5. The zero-order valence-electron chi connectivity index (χ0n) is 16.0. The number of amides is 1. The highest BCUT2D eigenvalue weighted by molar-refractivity contribution is 6.31. The summed E-state index contributed by atoms with van der Waals surface area (Å²) in [5, 5.41) is 3.69. The smallest absolute Gasteiger partial charge is 0.329 e. The molecule has 0 spiro atoms. The van der Waals surface area contributed by atoms with Gasteiger partial charge in [0.05, 0.1) is 21.5 Å². The Hall–Kier alpha value is -2.84. The topological polar surface area (TPSA) is 93.2 Å². The van der Waals surface area contributed by atoms with Crippen LogP contribution in [0.3, 0.4) is 0 Å². The molecule has 10 heteroatoms. The predicted molar refractivity (Wildman–Crippen MR) is 113 cm³/mol. The molecule has 160 valence electrons. The zero-order chi connectivity index (χ0) is 22.0. The largest absolute Gasteiger partial charge is 0.484 e. The minimum absolute atomic E-state index is 0.0296. The van der Waals surface area contributed by atoms with Crippen LogP contribution in [0.4, 0.5) is 4.39 Å². The molecule has 0 unspecified atom stereocenters. The monoisotopic (exact) mass is 463 g/mol. The quantitative estimate of drug-likeness (QED) is 0.608. The Morgan fingerprint density at radius 2 is 1.90 bits per heavy atom. The van der Waals surface area contributed by atoms with Gasteiger partial charge in [0.25, 0.3) is 11.5 Å². The van der Waals surface area contributed by atoms with E-state index < -0.39 is 22.6 Å². The van der Waals surface area contributed by atoms with Crippen LogP contribution in [0.1, 0.15) is 19.3 Å². The van der Waals surface area contributed by atoms with E-state index in [2.05, 4.69) is 10.3 Å². The van der Waals surface area contributed by atoms with E-state index in [9.17, 15) is 18.8 Å². The molecule has 2 bridgehead atoms. The minimum atomic E-state index is -0.630. The number of halogens is 3. The number of fused-ring (bicyclic) bond motifs is 1. The SMILES string of the molecule is O=C(COc1ccc(Cl)c(F)c1)NC12CC(n3c(=O)[nH]c4cc(Cl)ccc4c3=O)(C1)C2. The van der Waals surface area contributed by atoms with Crippen LogP contribution < -0.4 is 21.3 Å². The van der Waals surface area contributed by atoms with Gasteiger partial charge in [-0.2, -0.15) is 0 Å². The maximum atomic E-state index is 13.5. The maximum Gasteiger partial charge on any atom is 0.329 e.